The minimum absolute atomic E-state index is 0.254. The second kappa shape index (κ2) is 25.3. The summed E-state index contributed by atoms with van der Waals surface area (Å²) in [5.74, 6) is -0.469. The number of aromatic nitrogens is 2. The van der Waals surface area contributed by atoms with Gasteiger partial charge in [0.1, 0.15) is 0 Å². The zero-order valence-corrected chi connectivity index (χ0v) is 37.7. The van der Waals surface area contributed by atoms with Gasteiger partial charge in [0.2, 0.25) is 0 Å². The van der Waals surface area contributed by atoms with Crippen LogP contribution in [0.15, 0.2) is 85.9 Å². The normalized spacial score (nSPS) is 13.7. The highest BCUT2D eigenvalue weighted by molar-refractivity contribution is 7.86. The van der Waals surface area contributed by atoms with Crippen molar-refractivity contribution in [3.8, 4) is 5.69 Å². The van der Waals surface area contributed by atoms with Gasteiger partial charge in [-0.3, -0.25) is 23.8 Å². The number of hydrazone groups is 1. The monoisotopic (exact) mass is 847 g/mol. The van der Waals surface area contributed by atoms with Gasteiger partial charge in [-0.1, -0.05) is 68.4 Å². The van der Waals surface area contributed by atoms with E-state index in [4.69, 9.17) is 9.11 Å². The SMILES string of the molecule is CC1=NN(c2ccc(S(=O)(=O)O)cc2)C(=O)/C1=C/C=C/c1c(C)[nH]n(-c2ccc(S(=O)(=O)O)cc2)c1=O.CCN(CC)CC.CCN(CC)CC.CCN(CC)CC. The van der Waals surface area contributed by atoms with Crippen LogP contribution in [0.1, 0.15) is 80.5 Å². The quantitative estimate of drug-likeness (QED) is 0.114. The molecule has 58 heavy (non-hydrogen) atoms. The minimum Gasteiger partial charge on any atom is -0.304 e. The molecule has 3 aromatic rings. The number of carbonyl (C=O) groups is 1. The number of nitrogens with one attached hydrogen (secondary N) is 1. The van der Waals surface area contributed by atoms with Crippen molar-refractivity contribution in [2.45, 2.75) is 86.0 Å². The molecule has 3 N–H and O–H groups in total. The van der Waals surface area contributed by atoms with E-state index in [1.54, 1.807) is 13.8 Å². The van der Waals surface area contributed by atoms with Gasteiger partial charge in [-0.05, 0) is 133 Å². The van der Waals surface area contributed by atoms with Crippen molar-refractivity contribution >= 4 is 43.6 Å². The Labute approximate surface area is 346 Å². The van der Waals surface area contributed by atoms with Crippen LogP contribution >= 0.6 is 0 Å². The number of H-pyrrole nitrogens is 1. The molecule has 0 bridgehead atoms. The van der Waals surface area contributed by atoms with Crippen LogP contribution in [0, 0.1) is 6.92 Å². The third kappa shape index (κ3) is 15.8. The second-order valence-electron chi connectivity index (χ2n) is 12.8. The first-order valence-electron chi connectivity index (χ1n) is 19.7. The molecule has 0 fully saturated rings. The Balaban J connectivity index is 0.000000655. The zero-order valence-electron chi connectivity index (χ0n) is 36.1. The Morgan fingerprint density at radius 2 is 0.983 bits per heavy atom. The lowest BCUT2D eigenvalue weighted by Crippen LogP contribution is -2.21. The second-order valence-corrected chi connectivity index (χ2v) is 15.7. The van der Waals surface area contributed by atoms with Gasteiger partial charge in [0.05, 0.1) is 38.0 Å². The summed E-state index contributed by atoms with van der Waals surface area (Å²) in [6.07, 6.45) is 4.51. The van der Waals surface area contributed by atoms with Gasteiger partial charge in [-0.25, -0.2) is 4.68 Å². The number of hydrogen-bond donors (Lipinski definition) is 3. The van der Waals surface area contributed by atoms with Crippen molar-refractivity contribution < 1.29 is 30.7 Å². The highest BCUT2D eigenvalue weighted by Gasteiger charge is 2.28. The number of aryl methyl sites for hydroxylation is 1. The van der Waals surface area contributed by atoms with Crippen LogP contribution in [0.25, 0.3) is 11.8 Å². The molecule has 0 unspecified atom stereocenters. The molecule has 1 amide bonds. The maximum Gasteiger partial charge on any atom is 0.294 e. The topological polar surface area (TPSA) is 189 Å². The molecule has 0 radical (unpaired) electrons. The van der Waals surface area contributed by atoms with Gasteiger partial charge in [-0.2, -0.15) is 26.9 Å². The van der Waals surface area contributed by atoms with Crippen molar-refractivity contribution in [1.82, 2.24) is 24.5 Å². The van der Waals surface area contributed by atoms with E-state index in [0.29, 0.717) is 28.3 Å². The highest BCUT2D eigenvalue weighted by atomic mass is 32.2. The standard InChI is InChI=1S/C23H20N4O8S2.3C6H15N/c1-14-20(22(28)26(24-14)16-6-10-18(11-7-16)36(30,31)32)4-3-5-21-15(2)25-27(23(21)29)17-8-12-19(13-9-17)37(33,34)35;3*1-4-7(5-2)6-3/h3-13,24H,1-2H3,(H,30,31,32)(H,33,34,35);3*4-6H2,1-3H3/b4-3+,21-5+;;;. The number of allylic oxidation sites excluding steroid dienone is 2. The van der Waals surface area contributed by atoms with E-state index in [-0.39, 0.29) is 15.4 Å². The fourth-order valence-electron chi connectivity index (χ4n) is 5.60. The molecule has 15 nitrogen and oxygen atoms in total. The molecule has 324 valence electrons. The van der Waals surface area contributed by atoms with Crippen LogP contribution in [-0.4, -0.2) is 121 Å². The van der Waals surface area contributed by atoms with Crippen molar-refractivity contribution in [2.24, 2.45) is 5.10 Å². The summed E-state index contributed by atoms with van der Waals surface area (Å²) < 4.78 is 64.3. The summed E-state index contributed by atoms with van der Waals surface area (Å²) in [5, 5.41) is 8.17. The number of rotatable bonds is 15. The molecule has 0 aliphatic carbocycles. The molecule has 4 rings (SSSR count). The van der Waals surface area contributed by atoms with Crippen LogP contribution in [-0.2, 0) is 25.0 Å². The molecule has 1 aliphatic rings. The third-order valence-corrected chi connectivity index (χ3v) is 11.2. The lowest BCUT2D eigenvalue weighted by Gasteiger charge is -2.13. The molecule has 2 aromatic carbocycles. The smallest absolute Gasteiger partial charge is 0.294 e. The van der Waals surface area contributed by atoms with E-state index >= 15 is 0 Å². The van der Waals surface area contributed by atoms with E-state index in [9.17, 15) is 26.4 Å². The molecular weight excluding hydrogens is 783 g/mol. The van der Waals surface area contributed by atoms with Crippen molar-refractivity contribution in [3.05, 3.63) is 87.9 Å². The van der Waals surface area contributed by atoms with Gasteiger partial charge in [0.25, 0.3) is 31.7 Å². The summed E-state index contributed by atoms with van der Waals surface area (Å²) in [7, 11) is -8.74. The van der Waals surface area contributed by atoms with Crippen LogP contribution in [0.2, 0.25) is 0 Å². The number of anilines is 1. The van der Waals surface area contributed by atoms with Gasteiger partial charge in [0, 0.05) is 5.69 Å². The maximum atomic E-state index is 12.9. The molecule has 17 heteroatoms. The van der Waals surface area contributed by atoms with Gasteiger partial charge < -0.3 is 14.7 Å². The van der Waals surface area contributed by atoms with E-state index in [1.165, 1.54) is 118 Å². The Bertz CT molecular complexity index is 2030. The molecule has 0 saturated heterocycles. The van der Waals surface area contributed by atoms with E-state index < -0.39 is 31.7 Å². The number of nitrogens with zero attached hydrogens (tertiary/aromatic N) is 6. The average molecular weight is 848 g/mol. The predicted octanol–water partition coefficient (Wildman–Crippen LogP) is 6.37. The molecule has 2 heterocycles. The fourth-order valence-corrected chi connectivity index (χ4v) is 6.56. The molecule has 1 aliphatic heterocycles. The highest BCUT2D eigenvalue weighted by Crippen LogP contribution is 2.25. The summed E-state index contributed by atoms with van der Waals surface area (Å²) in [6, 6.07) is 10.1. The molecule has 0 atom stereocenters. The first kappa shape index (κ1) is 51.8. The summed E-state index contributed by atoms with van der Waals surface area (Å²) >= 11 is 0. The number of aromatic amines is 1. The number of hydrogen-bond acceptors (Lipinski definition) is 10. The van der Waals surface area contributed by atoms with Gasteiger partial charge in [0.15, 0.2) is 0 Å². The largest absolute Gasteiger partial charge is 0.304 e. The summed E-state index contributed by atoms with van der Waals surface area (Å²) in [6.45, 7) is 33.7. The lowest BCUT2D eigenvalue weighted by molar-refractivity contribution is -0.114. The Morgan fingerprint density at radius 3 is 1.31 bits per heavy atom. The van der Waals surface area contributed by atoms with Crippen molar-refractivity contribution in [2.75, 3.05) is 63.9 Å². The van der Waals surface area contributed by atoms with Crippen LogP contribution in [0.5, 0.6) is 0 Å². The Kier molecular flexibility index (Phi) is 22.6. The van der Waals surface area contributed by atoms with Crippen LogP contribution in [0.4, 0.5) is 5.69 Å². The Hall–Kier alpha value is -4.23. The number of benzene rings is 2. The molecule has 1 aromatic heterocycles. The lowest BCUT2D eigenvalue weighted by atomic mass is 10.1. The van der Waals surface area contributed by atoms with Gasteiger partial charge >= 0.3 is 0 Å². The fraction of sp³-hybridized carbons (Fsp3) is 0.488. The van der Waals surface area contributed by atoms with E-state index in [2.05, 4.69) is 87.2 Å². The van der Waals surface area contributed by atoms with Crippen molar-refractivity contribution in [3.63, 3.8) is 0 Å². The number of amides is 1. The minimum atomic E-state index is -4.37. The average Bonchev–Trinajstić information content (AvgIpc) is 3.65. The van der Waals surface area contributed by atoms with Crippen molar-refractivity contribution in [1.29, 1.82) is 0 Å². The number of carbonyl (C=O) groups excluding carboxylic acids is 1. The first-order chi connectivity index (χ1) is 27.3. The maximum absolute atomic E-state index is 12.9. The van der Waals surface area contributed by atoms with E-state index in [0.717, 1.165) is 17.1 Å². The molecular formula is C41H65N7O8S2. The van der Waals surface area contributed by atoms with Crippen LogP contribution in [0.3, 0.4) is 0 Å². The summed E-state index contributed by atoms with van der Waals surface area (Å²) in [4.78, 5) is 32.3. The summed E-state index contributed by atoms with van der Waals surface area (Å²) in [5.41, 5.74) is 1.70. The third-order valence-electron chi connectivity index (χ3n) is 9.50. The zero-order chi connectivity index (χ0) is 44.2. The van der Waals surface area contributed by atoms with Gasteiger partial charge in [-0.15, -0.1) is 0 Å². The predicted molar refractivity (Wildman–Crippen MR) is 235 cm³/mol. The Morgan fingerprint density at radius 1 is 0.621 bits per heavy atom. The van der Waals surface area contributed by atoms with Crippen LogP contribution < -0.4 is 10.6 Å². The molecule has 0 saturated carbocycles. The first-order valence-corrected chi connectivity index (χ1v) is 22.6. The molecule has 0 spiro atoms. The van der Waals surface area contributed by atoms with E-state index in [1.807, 2.05) is 0 Å².